The van der Waals surface area contributed by atoms with Gasteiger partial charge in [-0.2, -0.15) is 9.94 Å². The number of nitriles is 1. The number of Topliss-reactive ketones (excluding diaryl/α,β-unsaturated/α-hetero) is 1. The van der Waals surface area contributed by atoms with Crippen molar-refractivity contribution in [3.05, 3.63) is 45.9 Å². The summed E-state index contributed by atoms with van der Waals surface area (Å²) in [5, 5.41) is 24.0. The Labute approximate surface area is 165 Å². The molecule has 138 valence electrons. The van der Waals surface area contributed by atoms with Crippen LogP contribution in [0.15, 0.2) is 34.8 Å². The number of aromatic nitrogens is 5. The summed E-state index contributed by atoms with van der Waals surface area (Å²) in [4.78, 5) is 16.7. The highest BCUT2D eigenvalue weighted by atomic mass is 32.2. The molecule has 0 aliphatic heterocycles. The molecule has 0 saturated carbocycles. The molecule has 0 unspecified atom stereocenters. The van der Waals surface area contributed by atoms with Gasteiger partial charge in [-0.15, -0.1) is 16.4 Å². The van der Waals surface area contributed by atoms with E-state index in [0.717, 1.165) is 11.4 Å². The zero-order valence-electron chi connectivity index (χ0n) is 15.2. The molecule has 1 atom stereocenters. The van der Waals surface area contributed by atoms with Gasteiger partial charge in [0.1, 0.15) is 5.01 Å². The molecule has 0 spiro atoms. The van der Waals surface area contributed by atoms with Crippen LogP contribution in [0, 0.1) is 18.3 Å². The molecule has 0 amide bonds. The lowest BCUT2D eigenvalue weighted by Gasteiger charge is -2.08. The molecule has 3 rings (SSSR count). The van der Waals surface area contributed by atoms with Crippen LogP contribution >= 0.6 is 23.1 Å². The summed E-state index contributed by atoms with van der Waals surface area (Å²) in [5.74, 6) is -0.523. The molecule has 0 bridgehead atoms. The zero-order chi connectivity index (χ0) is 19.4. The third-order valence-corrected chi connectivity index (χ3v) is 5.89. The SMILES string of the molecule is Cc1csc([C@H](C#N)C(=O)CSc2nnnn2-c2ccc(C(C)C)cc2)n1. The van der Waals surface area contributed by atoms with E-state index in [2.05, 4.69) is 40.4 Å². The Morgan fingerprint density at radius 1 is 1.33 bits per heavy atom. The van der Waals surface area contributed by atoms with Gasteiger partial charge in [0, 0.05) is 11.1 Å². The first-order valence-corrected chi connectivity index (χ1v) is 10.2. The lowest BCUT2D eigenvalue weighted by atomic mass is 10.0. The number of hydrogen-bond acceptors (Lipinski definition) is 8. The standard InChI is InChI=1S/C18H18N6OS2/c1-11(2)13-4-6-14(7-5-13)24-18(21-22-23-24)27-10-16(25)15(8-19)17-20-12(3)9-26-17/h4-7,9,11,15H,10H2,1-3H3/t15-/m1/s1. The summed E-state index contributed by atoms with van der Waals surface area (Å²) in [7, 11) is 0. The van der Waals surface area contributed by atoms with Crippen molar-refractivity contribution in [1.82, 2.24) is 25.2 Å². The van der Waals surface area contributed by atoms with Crippen molar-refractivity contribution in [1.29, 1.82) is 5.26 Å². The molecule has 3 aromatic rings. The van der Waals surface area contributed by atoms with Gasteiger partial charge >= 0.3 is 0 Å². The fraction of sp³-hybridized carbons (Fsp3) is 0.333. The number of thioether (sulfide) groups is 1. The van der Waals surface area contributed by atoms with Crippen LogP contribution in [0.5, 0.6) is 0 Å². The van der Waals surface area contributed by atoms with Crippen molar-refractivity contribution >= 4 is 28.9 Å². The molecule has 0 aliphatic rings. The molecule has 0 saturated heterocycles. The van der Waals surface area contributed by atoms with Crippen LogP contribution in [0.4, 0.5) is 0 Å². The first-order chi connectivity index (χ1) is 13.0. The Morgan fingerprint density at radius 3 is 2.67 bits per heavy atom. The van der Waals surface area contributed by atoms with Crippen molar-refractivity contribution in [2.75, 3.05) is 5.75 Å². The largest absolute Gasteiger partial charge is 0.297 e. The molecule has 9 heteroatoms. The number of carbonyl (C=O) groups is 1. The van der Waals surface area contributed by atoms with E-state index >= 15 is 0 Å². The summed E-state index contributed by atoms with van der Waals surface area (Å²) in [5.41, 5.74) is 2.86. The number of ketones is 1. The van der Waals surface area contributed by atoms with Gasteiger partial charge < -0.3 is 0 Å². The zero-order valence-corrected chi connectivity index (χ0v) is 16.8. The smallest absolute Gasteiger partial charge is 0.214 e. The van der Waals surface area contributed by atoms with Gasteiger partial charge in [-0.1, -0.05) is 37.7 Å². The van der Waals surface area contributed by atoms with Crippen molar-refractivity contribution in [3.63, 3.8) is 0 Å². The van der Waals surface area contributed by atoms with E-state index in [1.54, 1.807) is 4.68 Å². The first-order valence-electron chi connectivity index (χ1n) is 8.35. The lowest BCUT2D eigenvalue weighted by Crippen LogP contribution is -2.13. The monoisotopic (exact) mass is 398 g/mol. The number of carbonyl (C=O) groups excluding carboxylic acids is 1. The van der Waals surface area contributed by atoms with E-state index in [9.17, 15) is 10.1 Å². The number of nitrogens with zero attached hydrogens (tertiary/aromatic N) is 6. The molecule has 27 heavy (non-hydrogen) atoms. The Balaban J connectivity index is 1.71. The fourth-order valence-electron chi connectivity index (χ4n) is 2.42. The van der Waals surface area contributed by atoms with Gasteiger partial charge in [0.15, 0.2) is 11.7 Å². The van der Waals surface area contributed by atoms with Gasteiger partial charge in [-0.25, -0.2) is 4.98 Å². The minimum absolute atomic E-state index is 0.0985. The molecule has 0 aliphatic carbocycles. The van der Waals surface area contributed by atoms with E-state index in [-0.39, 0.29) is 11.5 Å². The maximum atomic E-state index is 12.5. The molecule has 2 heterocycles. The molecule has 0 N–H and O–H groups in total. The van der Waals surface area contributed by atoms with Gasteiger partial charge in [-0.3, -0.25) is 4.79 Å². The molecule has 2 aromatic heterocycles. The summed E-state index contributed by atoms with van der Waals surface area (Å²) >= 11 is 2.54. The quantitative estimate of drug-likeness (QED) is 0.562. The third kappa shape index (κ3) is 4.40. The van der Waals surface area contributed by atoms with E-state index in [1.165, 1.54) is 28.7 Å². The second-order valence-electron chi connectivity index (χ2n) is 6.26. The maximum Gasteiger partial charge on any atom is 0.214 e. The number of rotatable bonds is 7. The number of hydrogen-bond donors (Lipinski definition) is 0. The van der Waals surface area contributed by atoms with Crippen molar-refractivity contribution in [2.24, 2.45) is 0 Å². The number of thiazole rings is 1. The topological polar surface area (TPSA) is 97.4 Å². The van der Waals surface area contributed by atoms with Gasteiger partial charge in [0.25, 0.3) is 0 Å². The molecular formula is C18H18N6OS2. The van der Waals surface area contributed by atoms with Gasteiger partial charge in [0.05, 0.1) is 17.5 Å². The fourth-order valence-corrected chi connectivity index (χ4v) is 4.08. The Hall–Kier alpha value is -2.57. The average molecular weight is 399 g/mol. The van der Waals surface area contributed by atoms with Crippen molar-refractivity contribution in [2.45, 2.75) is 37.8 Å². The second-order valence-corrected chi connectivity index (χ2v) is 8.10. The van der Waals surface area contributed by atoms with E-state index in [1.807, 2.05) is 36.6 Å². The van der Waals surface area contributed by atoms with Crippen molar-refractivity contribution in [3.8, 4) is 11.8 Å². The molecule has 0 radical (unpaired) electrons. The summed E-state index contributed by atoms with van der Waals surface area (Å²) in [6, 6.07) is 10.0. The van der Waals surface area contributed by atoms with Crippen LogP contribution in [0.3, 0.4) is 0 Å². The Morgan fingerprint density at radius 2 is 2.07 bits per heavy atom. The molecule has 1 aromatic carbocycles. The minimum atomic E-state index is -0.856. The Bertz CT molecular complexity index is 970. The maximum absolute atomic E-state index is 12.5. The van der Waals surface area contributed by atoms with Crippen LogP contribution in [0.2, 0.25) is 0 Å². The van der Waals surface area contributed by atoms with Crippen LogP contribution < -0.4 is 0 Å². The summed E-state index contributed by atoms with van der Waals surface area (Å²) in [6.07, 6.45) is 0. The summed E-state index contributed by atoms with van der Waals surface area (Å²) in [6.45, 7) is 6.11. The van der Waals surface area contributed by atoms with E-state index in [4.69, 9.17) is 0 Å². The van der Waals surface area contributed by atoms with Crippen LogP contribution in [0.1, 0.15) is 41.9 Å². The summed E-state index contributed by atoms with van der Waals surface area (Å²) < 4.78 is 1.59. The van der Waals surface area contributed by atoms with Crippen LogP contribution in [-0.2, 0) is 4.79 Å². The third-order valence-electron chi connectivity index (χ3n) is 3.92. The first kappa shape index (κ1) is 19.2. The van der Waals surface area contributed by atoms with E-state index < -0.39 is 5.92 Å². The molecule has 0 fully saturated rings. The van der Waals surface area contributed by atoms with E-state index in [0.29, 0.717) is 16.1 Å². The molecular weight excluding hydrogens is 380 g/mol. The van der Waals surface area contributed by atoms with Crippen LogP contribution in [0.25, 0.3) is 5.69 Å². The molecule has 7 nitrogen and oxygen atoms in total. The number of tetrazole rings is 1. The minimum Gasteiger partial charge on any atom is -0.297 e. The van der Waals surface area contributed by atoms with Gasteiger partial charge in [0.2, 0.25) is 5.16 Å². The highest BCUT2D eigenvalue weighted by Gasteiger charge is 2.24. The van der Waals surface area contributed by atoms with Crippen LogP contribution in [-0.4, -0.2) is 36.7 Å². The Kier molecular flexibility index (Phi) is 5.98. The normalized spacial score (nSPS) is 12.1. The lowest BCUT2D eigenvalue weighted by molar-refractivity contribution is -0.116. The highest BCUT2D eigenvalue weighted by molar-refractivity contribution is 7.99. The van der Waals surface area contributed by atoms with Gasteiger partial charge in [-0.05, 0) is 41.0 Å². The average Bonchev–Trinajstić information content (AvgIpc) is 3.30. The van der Waals surface area contributed by atoms with Crippen molar-refractivity contribution < 1.29 is 4.79 Å². The predicted octanol–water partition coefficient (Wildman–Crippen LogP) is 3.52. The predicted molar refractivity (Wildman–Crippen MR) is 104 cm³/mol. The highest BCUT2D eigenvalue weighted by Crippen LogP contribution is 2.25. The number of benzene rings is 1. The second kappa shape index (κ2) is 8.41. The number of aryl methyl sites for hydroxylation is 1.